The van der Waals surface area contributed by atoms with Crippen LogP contribution in [0, 0.1) is 0 Å². The second-order valence-corrected chi connectivity index (χ2v) is 10.3. The third-order valence-electron chi connectivity index (χ3n) is 7.21. The molecule has 0 radical (unpaired) electrons. The molecule has 3 nitrogen and oxygen atoms in total. The monoisotopic (exact) mass is 499 g/mol. The van der Waals surface area contributed by atoms with Crippen LogP contribution in [0.3, 0.4) is 0 Å². The molecule has 2 aromatic carbocycles. The van der Waals surface area contributed by atoms with Gasteiger partial charge in [-0.05, 0) is 17.5 Å². The summed E-state index contributed by atoms with van der Waals surface area (Å²) in [4.78, 5) is 2.00. The molecule has 0 bridgehead atoms. The third kappa shape index (κ3) is 12.5. The van der Waals surface area contributed by atoms with Crippen molar-refractivity contribution in [3.8, 4) is 0 Å². The van der Waals surface area contributed by atoms with Crippen molar-refractivity contribution in [1.82, 2.24) is 4.90 Å². The lowest BCUT2D eigenvalue weighted by molar-refractivity contribution is -0.0352. The molecule has 0 aliphatic carbocycles. The summed E-state index contributed by atoms with van der Waals surface area (Å²) in [5.41, 5.74) is 2.16. The first-order chi connectivity index (χ1) is 17.7. The molecule has 2 rings (SSSR count). The Morgan fingerprint density at radius 3 is 1.50 bits per heavy atom. The lowest BCUT2D eigenvalue weighted by Crippen LogP contribution is -2.49. The van der Waals surface area contributed by atoms with Gasteiger partial charge in [-0.3, -0.25) is 4.90 Å². The first kappa shape index (κ1) is 30.5. The SMILES string of the molecule is CCCCCCCCCCCCCC[C@H](F)[C@@H](O)[C@@H](CO)N(Cc1ccccc1)Cc1ccccc1. The molecular weight excluding hydrogens is 449 g/mol. The van der Waals surface area contributed by atoms with E-state index < -0.39 is 18.3 Å². The van der Waals surface area contributed by atoms with Crippen LogP contribution in [0.5, 0.6) is 0 Å². The summed E-state index contributed by atoms with van der Waals surface area (Å²) in [7, 11) is 0. The minimum absolute atomic E-state index is 0.278. The molecule has 0 spiro atoms. The maximum Gasteiger partial charge on any atom is 0.128 e. The van der Waals surface area contributed by atoms with Gasteiger partial charge in [0.15, 0.2) is 0 Å². The summed E-state index contributed by atoms with van der Waals surface area (Å²) < 4.78 is 15.1. The van der Waals surface area contributed by atoms with E-state index in [1.807, 2.05) is 65.6 Å². The predicted octanol–water partition coefficient (Wildman–Crippen LogP) is 7.84. The molecule has 0 aliphatic heterocycles. The Bertz CT molecular complexity index is 716. The normalized spacial score (nSPS) is 14.1. The zero-order chi connectivity index (χ0) is 25.8. The van der Waals surface area contributed by atoms with Crippen LogP contribution in [0.2, 0.25) is 0 Å². The Morgan fingerprint density at radius 2 is 1.08 bits per heavy atom. The van der Waals surface area contributed by atoms with E-state index in [9.17, 15) is 10.2 Å². The summed E-state index contributed by atoms with van der Waals surface area (Å²) in [6.45, 7) is 3.07. The highest BCUT2D eigenvalue weighted by atomic mass is 19.1. The van der Waals surface area contributed by atoms with Gasteiger partial charge in [-0.2, -0.15) is 0 Å². The van der Waals surface area contributed by atoms with Crippen molar-refractivity contribution < 1.29 is 14.6 Å². The number of unbranched alkanes of at least 4 members (excludes halogenated alkanes) is 11. The average molecular weight is 500 g/mol. The summed E-state index contributed by atoms with van der Waals surface area (Å²) in [5, 5.41) is 21.1. The number of nitrogens with zero attached hydrogens (tertiary/aromatic N) is 1. The summed E-state index contributed by atoms with van der Waals surface area (Å²) in [6.07, 6.45) is 12.6. The van der Waals surface area contributed by atoms with Gasteiger partial charge in [0.05, 0.1) is 12.6 Å². The zero-order valence-corrected chi connectivity index (χ0v) is 22.5. The quantitative estimate of drug-likeness (QED) is 0.172. The molecule has 0 unspecified atom stereocenters. The van der Waals surface area contributed by atoms with Crippen LogP contribution >= 0.6 is 0 Å². The molecule has 0 saturated carbocycles. The first-order valence-electron chi connectivity index (χ1n) is 14.4. The molecule has 0 fully saturated rings. The predicted molar refractivity (Wildman–Crippen MR) is 150 cm³/mol. The molecule has 3 atom stereocenters. The van der Waals surface area contributed by atoms with E-state index in [4.69, 9.17) is 0 Å². The van der Waals surface area contributed by atoms with Crippen LogP contribution in [-0.4, -0.2) is 40.0 Å². The van der Waals surface area contributed by atoms with E-state index in [-0.39, 0.29) is 6.61 Å². The highest BCUT2D eigenvalue weighted by molar-refractivity contribution is 5.17. The molecule has 4 heteroatoms. The summed E-state index contributed by atoms with van der Waals surface area (Å²) >= 11 is 0. The average Bonchev–Trinajstić information content (AvgIpc) is 2.90. The van der Waals surface area contributed by atoms with Crippen LogP contribution in [0.1, 0.15) is 102 Å². The Balaban J connectivity index is 1.75. The number of hydrogen-bond donors (Lipinski definition) is 2. The van der Waals surface area contributed by atoms with Gasteiger partial charge in [0.2, 0.25) is 0 Å². The molecule has 0 amide bonds. The Hall–Kier alpha value is -1.75. The smallest absolute Gasteiger partial charge is 0.128 e. The highest BCUT2D eigenvalue weighted by Crippen LogP contribution is 2.21. The molecule has 36 heavy (non-hydrogen) atoms. The van der Waals surface area contributed by atoms with Crippen molar-refractivity contribution in [1.29, 1.82) is 0 Å². The lowest BCUT2D eigenvalue weighted by Gasteiger charge is -2.35. The van der Waals surface area contributed by atoms with Crippen molar-refractivity contribution in [3.05, 3.63) is 71.8 Å². The van der Waals surface area contributed by atoms with Gasteiger partial charge < -0.3 is 10.2 Å². The largest absolute Gasteiger partial charge is 0.395 e. The van der Waals surface area contributed by atoms with E-state index in [0.717, 1.165) is 30.4 Å². The number of aliphatic hydroxyl groups excluding tert-OH is 2. The van der Waals surface area contributed by atoms with Gasteiger partial charge in [0.25, 0.3) is 0 Å². The highest BCUT2D eigenvalue weighted by Gasteiger charge is 2.31. The fraction of sp³-hybridized carbons (Fsp3) is 0.625. The van der Waals surface area contributed by atoms with Gasteiger partial charge in [0.1, 0.15) is 12.3 Å². The van der Waals surface area contributed by atoms with Crippen molar-refractivity contribution in [2.75, 3.05) is 6.61 Å². The number of benzene rings is 2. The van der Waals surface area contributed by atoms with Crippen LogP contribution in [0.4, 0.5) is 4.39 Å². The number of alkyl halides is 1. The number of aliphatic hydroxyl groups is 2. The first-order valence-corrected chi connectivity index (χ1v) is 14.4. The van der Waals surface area contributed by atoms with Crippen molar-refractivity contribution in [2.24, 2.45) is 0 Å². The van der Waals surface area contributed by atoms with E-state index in [1.54, 1.807) is 0 Å². The van der Waals surface area contributed by atoms with Crippen LogP contribution in [0.15, 0.2) is 60.7 Å². The Labute approximate surface area is 219 Å². The molecule has 0 aromatic heterocycles. The topological polar surface area (TPSA) is 43.7 Å². The molecule has 0 saturated heterocycles. The fourth-order valence-corrected chi connectivity index (χ4v) is 4.96. The van der Waals surface area contributed by atoms with Crippen LogP contribution in [0.25, 0.3) is 0 Å². The molecule has 2 N–H and O–H groups in total. The molecular formula is C32H50FNO2. The number of rotatable bonds is 21. The molecule has 0 aliphatic rings. The van der Waals surface area contributed by atoms with E-state index >= 15 is 4.39 Å². The van der Waals surface area contributed by atoms with Gasteiger partial charge >= 0.3 is 0 Å². The van der Waals surface area contributed by atoms with Crippen LogP contribution in [-0.2, 0) is 13.1 Å². The van der Waals surface area contributed by atoms with Crippen molar-refractivity contribution in [2.45, 2.75) is 122 Å². The van der Waals surface area contributed by atoms with E-state index in [0.29, 0.717) is 19.5 Å². The minimum Gasteiger partial charge on any atom is -0.395 e. The summed E-state index contributed by atoms with van der Waals surface area (Å²) in [6, 6.07) is 19.3. The van der Waals surface area contributed by atoms with Gasteiger partial charge in [-0.25, -0.2) is 4.39 Å². The number of hydrogen-bond acceptors (Lipinski definition) is 3. The van der Waals surface area contributed by atoms with Crippen LogP contribution < -0.4 is 0 Å². The second-order valence-electron chi connectivity index (χ2n) is 10.3. The second kappa shape index (κ2) is 19.4. The van der Waals surface area contributed by atoms with Gasteiger partial charge in [0, 0.05) is 13.1 Å². The minimum atomic E-state index is -1.33. The summed E-state index contributed by atoms with van der Waals surface area (Å²) in [5.74, 6) is 0. The molecule has 2 aromatic rings. The third-order valence-corrected chi connectivity index (χ3v) is 7.21. The van der Waals surface area contributed by atoms with Crippen molar-refractivity contribution >= 4 is 0 Å². The molecule has 202 valence electrons. The maximum atomic E-state index is 15.1. The fourth-order valence-electron chi connectivity index (χ4n) is 4.96. The lowest BCUT2D eigenvalue weighted by atomic mass is 9.98. The van der Waals surface area contributed by atoms with Gasteiger partial charge in [-0.1, -0.05) is 145 Å². The zero-order valence-electron chi connectivity index (χ0n) is 22.5. The van der Waals surface area contributed by atoms with E-state index in [1.165, 1.54) is 57.8 Å². The molecule has 0 heterocycles. The van der Waals surface area contributed by atoms with Crippen molar-refractivity contribution in [3.63, 3.8) is 0 Å². The van der Waals surface area contributed by atoms with Gasteiger partial charge in [-0.15, -0.1) is 0 Å². The standard InChI is InChI=1S/C32H50FNO2/c1-2-3-4-5-6-7-8-9-10-11-12-19-24-30(33)32(36)31(27-35)34(25-28-20-15-13-16-21-28)26-29-22-17-14-18-23-29/h13-18,20-23,30-32,35-36H,2-12,19,24-27H2,1H3/t30-,31+,32+/m0/s1. The maximum absolute atomic E-state index is 15.1. The Morgan fingerprint density at radius 1 is 0.667 bits per heavy atom. The number of halogens is 1. The Kier molecular flexibility index (Phi) is 16.4. The van der Waals surface area contributed by atoms with E-state index in [2.05, 4.69) is 6.92 Å².